The first kappa shape index (κ1) is 12.8. The number of rotatable bonds is 5. The van der Waals surface area contributed by atoms with E-state index in [0.29, 0.717) is 6.61 Å². The van der Waals surface area contributed by atoms with Crippen LogP contribution >= 0.6 is 0 Å². The molecule has 1 heterocycles. The minimum Gasteiger partial charge on any atom is -0.384 e. The first-order valence-electron chi connectivity index (χ1n) is 6.03. The molecule has 4 heteroatoms. The fraction of sp³-hybridized carbons (Fsp3) is 0.357. The quantitative estimate of drug-likeness (QED) is 0.879. The van der Waals surface area contributed by atoms with Crippen molar-refractivity contribution >= 4 is 0 Å². The third kappa shape index (κ3) is 2.60. The van der Waals surface area contributed by atoms with Gasteiger partial charge in [-0.1, -0.05) is 24.3 Å². The van der Waals surface area contributed by atoms with Crippen LogP contribution in [0.3, 0.4) is 0 Å². The molecule has 0 aliphatic carbocycles. The number of aliphatic hydroxyl groups is 1. The summed E-state index contributed by atoms with van der Waals surface area (Å²) in [7, 11) is 1.65. The number of ether oxygens (including phenoxy) is 1. The van der Waals surface area contributed by atoms with Crippen LogP contribution in [0.4, 0.5) is 0 Å². The molecular weight excluding hydrogens is 228 g/mol. The Morgan fingerprint density at radius 1 is 1.39 bits per heavy atom. The number of aliphatic hydroxyl groups excluding tert-OH is 1. The minimum absolute atomic E-state index is 0.495. The van der Waals surface area contributed by atoms with Gasteiger partial charge in [-0.3, -0.25) is 4.68 Å². The average molecular weight is 246 g/mol. The van der Waals surface area contributed by atoms with Gasteiger partial charge in [-0.05, 0) is 18.1 Å². The SMILES string of the molecule is CCn1cc(C(O)c2ccccc2COC)cn1. The highest BCUT2D eigenvalue weighted by Gasteiger charge is 2.15. The second-order valence-electron chi connectivity index (χ2n) is 4.16. The maximum atomic E-state index is 10.4. The van der Waals surface area contributed by atoms with E-state index in [0.717, 1.165) is 23.2 Å². The Labute approximate surface area is 107 Å². The summed E-state index contributed by atoms with van der Waals surface area (Å²) in [5.74, 6) is 0. The molecule has 0 amide bonds. The molecule has 0 aliphatic rings. The summed E-state index contributed by atoms with van der Waals surface area (Å²) in [5.41, 5.74) is 2.67. The number of nitrogens with zero attached hydrogens (tertiary/aromatic N) is 2. The Kier molecular flexibility index (Phi) is 4.12. The maximum Gasteiger partial charge on any atom is 0.107 e. The maximum absolute atomic E-state index is 10.4. The van der Waals surface area contributed by atoms with Gasteiger partial charge >= 0.3 is 0 Å². The van der Waals surface area contributed by atoms with Gasteiger partial charge in [0.2, 0.25) is 0 Å². The van der Waals surface area contributed by atoms with Crippen LogP contribution in [-0.4, -0.2) is 22.0 Å². The van der Waals surface area contributed by atoms with Gasteiger partial charge < -0.3 is 9.84 Å². The van der Waals surface area contributed by atoms with Gasteiger partial charge in [0.05, 0.1) is 12.8 Å². The monoisotopic (exact) mass is 246 g/mol. The van der Waals surface area contributed by atoms with Crippen LogP contribution in [0.15, 0.2) is 36.7 Å². The molecule has 0 bridgehead atoms. The molecule has 0 radical (unpaired) electrons. The van der Waals surface area contributed by atoms with E-state index in [1.165, 1.54) is 0 Å². The number of methoxy groups -OCH3 is 1. The lowest BCUT2D eigenvalue weighted by molar-refractivity contribution is 0.176. The first-order chi connectivity index (χ1) is 8.76. The zero-order valence-corrected chi connectivity index (χ0v) is 10.7. The lowest BCUT2D eigenvalue weighted by Gasteiger charge is -2.13. The summed E-state index contributed by atoms with van der Waals surface area (Å²) in [4.78, 5) is 0. The molecule has 1 atom stereocenters. The average Bonchev–Trinajstić information content (AvgIpc) is 2.88. The molecule has 0 aliphatic heterocycles. The standard InChI is InChI=1S/C14H18N2O2/c1-3-16-9-12(8-15-16)14(17)13-7-5-4-6-11(13)10-18-2/h4-9,14,17H,3,10H2,1-2H3. The summed E-state index contributed by atoms with van der Waals surface area (Å²) in [6, 6.07) is 7.75. The van der Waals surface area contributed by atoms with E-state index in [1.807, 2.05) is 37.4 Å². The minimum atomic E-state index is -0.656. The van der Waals surface area contributed by atoms with Crippen LogP contribution < -0.4 is 0 Å². The number of hydrogen-bond acceptors (Lipinski definition) is 3. The van der Waals surface area contributed by atoms with Crippen molar-refractivity contribution in [2.24, 2.45) is 0 Å². The zero-order valence-electron chi connectivity index (χ0n) is 10.7. The molecular formula is C14H18N2O2. The summed E-state index contributed by atoms with van der Waals surface area (Å²) in [5, 5.41) is 14.6. The van der Waals surface area contributed by atoms with Gasteiger partial charge in [0, 0.05) is 25.4 Å². The van der Waals surface area contributed by atoms with Crippen molar-refractivity contribution in [3.63, 3.8) is 0 Å². The van der Waals surface area contributed by atoms with Crippen LogP contribution in [0.2, 0.25) is 0 Å². The third-order valence-corrected chi connectivity index (χ3v) is 2.94. The van der Waals surface area contributed by atoms with Crippen molar-refractivity contribution in [3.05, 3.63) is 53.3 Å². The van der Waals surface area contributed by atoms with Crippen molar-refractivity contribution in [1.29, 1.82) is 0 Å². The Morgan fingerprint density at radius 2 is 2.17 bits per heavy atom. The lowest BCUT2D eigenvalue weighted by Crippen LogP contribution is -2.04. The second kappa shape index (κ2) is 5.80. The molecule has 1 aromatic carbocycles. The van der Waals surface area contributed by atoms with Gasteiger partial charge in [-0.25, -0.2) is 0 Å². The van der Waals surface area contributed by atoms with Gasteiger partial charge in [0.15, 0.2) is 0 Å². The van der Waals surface area contributed by atoms with Crippen LogP contribution in [0, 0.1) is 0 Å². The molecule has 4 nitrogen and oxygen atoms in total. The van der Waals surface area contributed by atoms with Crippen LogP contribution in [0.25, 0.3) is 0 Å². The molecule has 0 spiro atoms. The van der Waals surface area contributed by atoms with Crippen molar-refractivity contribution in [2.45, 2.75) is 26.2 Å². The van der Waals surface area contributed by atoms with E-state index in [2.05, 4.69) is 5.10 Å². The molecule has 0 saturated heterocycles. The van der Waals surface area contributed by atoms with Gasteiger partial charge in [-0.2, -0.15) is 5.10 Å². The van der Waals surface area contributed by atoms with Gasteiger partial charge in [0.25, 0.3) is 0 Å². The predicted octanol–water partition coefficient (Wildman–Crippen LogP) is 2.13. The predicted molar refractivity (Wildman–Crippen MR) is 69.1 cm³/mol. The Hall–Kier alpha value is -1.65. The summed E-state index contributed by atoms with van der Waals surface area (Å²) >= 11 is 0. The molecule has 2 rings (SSSR count). The molecule has 1 unspecified atom stereocenters. The number of hydrogen-bond donors (Lipinski definition) is 1. The van der Waals surface area contributed by atoms with E-state index in [9.17, 15) is 5.11 Å². The van der Waals surface area contributed by atoms with Crippen LogP contribution in [0.5, 0.6) is 0 Å². The zero-order chi connectivity index (χ0) is 13.0. The van der Waals surface area contributed by atoms with E-state index in [1.54, 1.807) is 18.0 Å². The number of aryl methyl sites for hydroxylation is 1. The highest BCUT2D eigenvalue weighted by atomic mass is 16.5. The van der Waals surface area contributed by atoms with Crippen molar-refractivity contribution in [2.75, 3.05) is 7.11 Å². The Morgan fingerprint density at radius 3 is 2.83 bits per heavy atom. The topological polar surface area (TPSA) is 47.3 Å². The number of benzene rings is 1. The van der Waals surface area contributed by atoms with Crippen molar-refractivity contribution in [3.8, 4) is 0 Å². The third-order valence-electron chi connectivity index (χ3n) is 2.94. The van der Waals surface area contributed by atoms with Crippen LogP contribution in [-0.2, 0) is 17.9 Å². The first-order valence-corrected chi connectivity index (χ1v) is 6.03. The van der Waals surface area contributed by atoms with Crippen molar-refractivity contribution < 1.29 is 9.84 Å². The van der Waals surface area contributed by atoms with Gasteiger partial charge in [-0.15, -0.1) is 0 Å². The molecule has 0 fully saturated rings. The molecule has 1 N–H and O–H groups in total. The van der Waals surface area contributed by atoms with Crippen molar-refractivity contribution in [1.82, 2.24) is 9.78 Å². The van der Waals surface area contributed by atoms with E-state index < -0.39 is 6.10 Å². The van der Waals surface area contributed by atoms with E-state index in [-0.39, 0.29) is 0 Å². The molecule has 0 saturated carbocycles. The second-order valence-corrected chi connectivity index (χ2v) is 4.16. The van der Waals surface area contributed by atoms with E-state index >= 15 is 0 Å². The Bertz CT molecular complexity index is 508. The molecule has 1 aromatic heterocycles. The number of aromatic nitrogens is 2. The van der Waals surface area contributed by atoms with Crippen LogP contribution in [0.1, 0.15) is 29.7 Å². The van der Waals surface area contributed by atoms with E-state index in [4.69, 9.17) is 4.74 Å². The smallest absolute Gasteiger partial charge is 0.107 e. The molecule has 96 valence electrons. The fourth-order valence-corrected chi connectivity index (χ4v) is 1.96. The normalized spacial score (nSPS) is 12.6. The summed E-state index contributed by atoms with van der Waals surface area (Å²) in [6.07, 6.45) is 2.92. The van der Waals surface area contributed by atoms with Gasteiger partial charge in [0.1, 0.15) is 6.10 Å². The highest BCUT2D eigenvalue weighted by Crippen LogP contribution is 2.25. The lowest BCUT2D eigenvalue weighted by atomic mass is 9.99. The molecule has 2 aromatic rings. The molecule has 18 heavy (non-hydrogen) atoms. The summed E-state index contributed by atoms with van der Waals surface area (Å²) in [6.45, 7) is 3.31. The highest BCUT2D eigenvalue weighted by molar-refractivity contribution is 5.34. The summed E-state index contributed by atoms with van der Waals surface area (Å²) < 4.78 is 6.95. The Balaban J connectivity index is 2.29. The largest absolute Gasteiger partial charge is 0.384 e. The fourth-order valence-electron chi connectivity index (χ4n) is 1.96.